The van der Waals surface area contributed by atoms with Crippen LogP contribution in [0.5, 0.6) is 0 Å². The summed E-state index contributed by atoms with van der Waals surface area (Å²) in [6, 6.07) is 13.5. The van der Waals surface area contributed by atoms with Gasteiger partial charge in [-0.15, -0.1) is 6.42 Å². The first-order valence-electron chi connectivity index (χ1n) is 7.95. The topological polar surface area (TPSA) is 49.4 Å². The number of carbonyl (C=O) groups is 2. The van der Waals surface area contributed by atoms with E-state index in [0.717, 1.165) is 5.56 Å². The Hall–Kier alpha value is -2.48. The minimum atomic E-state index is -0.769. The average molecular weight is 389 g/mol. The molecule has 1 unspecified atom stereocenters. The Balaban J connectivity index is 2.09. The lowest BCUT2D eigenvalue weighted by Gasteiger charge is -2.24. The Kier molecular flexibility index (Phi) is 7.08. The number of nitrogens with one attached hydrogen (secondary N) is 1. The van der Waals surface area contributed by atoms with Crippen LogP contribution in [0.3, 0.4) is 0 Å². The maximum Gasteiger partial charge on any atom is 0.253 e. The van der Waals surface area contributed by atoms with Crippen molar-refractivity contribution in [3.05, 3.63) is 69.7 Å². The second-order valence-corrected chi connectivity index (χ2v) is 6.47. The third kappa shape index (κ3) is 5.01. The van der Waals surface area contributed by atoms with Gasteiger partial charge in [-0.3, -0.25) is 9.59 Å². The average Bonchev–Trinajstić information content (AvgIpc) is 2.63. The molecule has 0 radical (unpaired) electrons. The van der Waals surface area contributed by atoms with Crippen molar-refractivity contribution in [2.24, 2.45) is 0 Å². The van der Waals surface area contributed by atoms with Crippen molar-refractivity contribution >= 4 is 35.0 Å². The van der Waals surface area contributed by atoms with E-state index < -0.39 is 11.9 Å². The number of halogens is 2. The first kappa shape index (κ1) is 19.8. The molecule has 0 saturated carbocycles. The number of terminal acetylenes is 1. The smallest absolute Gasteiger partial charge is 0.253 e. The summed E-state index contributed by atoms with van der Waals surface area (Å²) in [5.74, 6) is 1.73. The van der Waals surface area contributed by atoms with Crippen LogP contribution in [-0.4, -0.2) is 29.3 Å². The molecule has 1 atom stereocenters. The van der Waals surface area contributed by atoms with Gasteiger partial charge in [-0.2, -0.15) is 0 Å². The molecule has 0 aromatic heterocycles. The van der Waals surface area contributed by atoms with Crippen LogP contribution in [0.1, 0.15) is 22.8 Å². The molecule has 0 saturated heterocycles. The summed E-state index contributed by atoms with van der Waals surface area (Å²) in [6.45, 7) is 2.11. The minimum Gasteiger partial charge on any atom is -0.340 e. The van der Waals surface area contributed by atoms with Crippen molar-refractivity contribution in [3.63, 3.8) is 0 Å². The molecule has 0 spiro atoms. The van der Waals surface area contributed by atoms with Gasteiger partial charge in [0.15, 0.2) is 0 Å². The van der Waals surface area contributed by atoms with Gasteiger partial charge in [0.25, 0.3) is 5.91 Å². The van der Waals surface area contributed by atoms with E-state index >= 15 is 0 Å². The van der Waals surface area contributed by atoms with Crippen LogP contribution in [0.15, 0.2) is 48.5 Å². The molecule has 0 aliphatic rings. The Labute approximate surface area is 163 Å². The number of nitrogens with zero attached hydrogens (tertiary/aromatic N) is 1. The zero-order chi connectivity index (χ0) is 19.1. The Bertz CT molecular complexity index is 831. The van der Waals surface area contributed by atoms with Crippen LogP contribution in [0.2, 0.25) is 10.0 Å². The Morgan fingerprint density at radius 1 is 1.15 bits per heavy atom. The molecule has 26 heavy (non-hydrogen) atoms. The van der Waals surface area contributed by atoms with Gasteiger partial charge >= 0.3 is 0 Å². The first-order valence-corrected chi connectivity index (χ1v) is 8.70. The number of carbonyl (C=O) groups excluding carboxylic acids is 2. The second-order valence-electron chi connectivity index (χ2n) is 5.68. The van der Waals surface area contributed by atoms with E-state index in [2.05, 4.69) is 11.2 Å². The largest absolute Gasteiger partial charge is 0.340 e. The zero-order valence-electron chi connectivity index (χ0n) is 14.2. The molecule has 1 N–H and O–H groups in total. The highest BCUT2D eigenvalue weighted by Crippen LogP contribution is 2.25. The molecule has 6 heteroatoms. The van der Waals surface area contributed by atoms with E-state index in [1.807, 2.05) is 30.3 Å². The number of rotatable bonds is 6. The number of hydrogen-bond acceptors (Lipinski definition) is 2. The SMILES string of the molecule is C#CCN(Cc1ccccc1)C(=O)C(C)NC(=O)c1cccc(Cl)c1Cl. The lowest BCUT2D eigenvalue weighted by Crippen LogP contribution is -2.46. The molecule has 2 rings (SSSR count). The summed E-state index contributed by atoms with van der Waals surface area (Å²) in [5.41, 5.74) is 1.16. The molecule has 134 valence electrons. The number of hydrogen-bond donors (Lipinski definition) is 1. The Morgan fingerprint density at radius 3 is 2.50 bits per heavy atom. The Morgan fingerprint density at radius 2 is 1.85 bits per heavy atom. The highest BCUT2D eigenvalue weighted by Gasteiger charge is 2.23. The van der Waals surface area contributed by atoms with Gasteiger partial charge in [-0.25, -0.2) is 0 Å². The van der Waals surface area contributed by atoms with Gasteiger partial charge in [0.2, 0.25) is 5.91 Å². The van der Waals surface area contributed by atoms with Crippen LogP contribution in [0, 0.1) is 12.3 Å². The summed E-state index contributed by atoms with van der Waals surface area (Å²) in [7, 11) is 0. The van der Waals surface area contributed by atoms with Gasteiger partial charge in [-0.05, 0) is 24.6 Å². The van der Waals surface area contributed by atoms with E-state index in [9.17, 15) is 9.59 Å². The van der Waals surface area contributed by atoms with Gasteiger partial charge in [0.05, 0.1) is 22.2 Å². The fourth-order valence-electron chi connectivity index (χ4n) is 2.41. The molecule has 0 fully saturated rings. The van der Waals surface area contributed by atoms with Crippen LogP contribution >= 0.6 is 23.2 Å². The molecule has 2 amide bonds. The first-order chi connectivity index (χ1) is 12.4. The molecule has 0 aliphatic heterocycles. The fourth-order valence-corrected chi connectivity index (χ4v) is 2.80. The number of benzene rings is 2. The lowest BCUT2D eigenvalue weighted by atomic mass is 10.1. The summed E-state index contributed by atoms with van der Waals surface area (Å²) in [4.78, 5) is 26.6. The monoisotopic (exact) mass is 388 g/mol. The van der Waals surface area contributed by atoms with Crippen molar-refractivity contribution < 1.29 is 9.59 Å². The summed E-state index contributed by atoms with van der Waals surface area (Å²) in [6.07, 6.45) is 5.39. The third-order valence-electron chi connectivity index (χ3n) is 3.72. The minimum absolute atomic E-state index is 0.145. The molecule has 0 bridgehead atoms. The zero-order valence-corrected chi connectivity index (χ0v) is 15.7. The predicted octanol–water partition coefficient (Wildman–Crippen LogP) is 3.77. The molecular weight excluding hydrogens is 371 g/mol. The molecular formula is C20H18Cl2N2O2. The second kappa shape index (κ2) is 9.28. The van der Waals surface area contributed by atoms with Gasteiger partial charge < -0.3 is 10.2 Å². The van der Waals surface area contributed by atoms with Crippen molar-refractivity contribution in [1.29, 1.82) is 0 Å². The van der Waals surface area contributed by atoms with Crippen LogP contribution in [0.4, 0.5) is 0 Å². The van der Waals surface area contributed by atoms with Crippen molar-refractivity contribution in [3.8, 4) is 12.3 Å². The molecule has 4 nitrogen and oxygen atoms in total. The molecule has 2 aromatic carbocycles. The van der Waals surface area contributed by atoms with E-state index in [0.29, 0.717) is 6.54 Å². The lowest BCUT2D eigenvalue weighted by molar-refractivity contribution is -0.132. The third-order valence-corrected chi connectivity index (χ3v) is 4.54. The van der Waals surface area contributed by atoms with Gasteiger partial charge in [-0.1, -0.05) is 65.5 Å². The fraction of sp³-hybridized carbons (Fsp3) is 0.200. The van der Waals surface area contributed by atoms with Crippen LogP contribution in [-0.2, 0) is 11.3 Å². The molecule has 0 heterocycles. The maximum atomic E-state index is 12.7. The van der Waals surface area contributed by atoms with Crippen LogP contribution < -0.4 is 5.32 Å². The van der Waals surface area contributed by atoms with Crippen LogP contribution in [0.25, 0.3) is 0 Å². The van der Waals surface area contributed by atoms with Gasteiger partial charge in [0.1, 0.15) is 6.04 Å². The molecule has 0 aliphatic carbocycles. The predicted molar refractivity (Wildman–Crippen MR) is 104 cm³/mol. The van der Waals surface area contributed by atoms with Crippen molar-refractivity contribution in [2.45, 2.75) is 19.5 Å². The number of amides is 2. The standard InChI is InChI=1S/C20H18Cl2N2O2/c1-3-12-24(13-15-8-5-4-6-9-15)20(26)14(2)23-19(25)16-10-7-11-17(21)18(16)22/h1,4-11,14H,12-13H2,2H3,(H,23,25). The van der Waals surface area contributed by atoms with E-state index in [1.54, 1.807) is 25.1 Å². The van der Waals surface area contributed by atoms with E-state index in [-0.39, 0.29) is 28.1 Å². The van der Waals surface area contributed by atoms with Gasteiger partial charge in [0, 0.05) is 6.54 Å². The quantitative estimate of drug-likeness (QED) is 0.765. The summed E-state index contributed by atoms with van der Waals surface area (Å²) >= 11 is 12.0. The van der Waals surface area contributed by atoms with Crippen molar-refractivity contribution in [2.75, 3.05) is 6.54 Å². The highest BCUT2D eigenvalue weighted by molar-refractivity contribution is 6.43. The van der Waals surface area contributed by atoms with Crippen molar-refractivity contribution in [1.82, 2.24) is 10.2 Å². The van der Waals surface area contributed by atoms with E-state index in [4.69, 9.17) is 29.6 Å². The molecule has 2 aromatic rings. The maximum absolute atomic E-state index is 12.7. The normalized spacial score (nSPS) is 11.3. The highest BCUT2D eigenvalue weighted by atomic mass is 35.5. The summed E-state index contributed by atoms with van der Waals surface area (Å²) < 4.78 is 0. The summed E-state index contributed by atoms with van der Waals surface area (Å²) in [5, 5.41) is 3.07. The van der Waals surface area contributed by atoms with E-state index in [1.165, 1.54) is 4.90 Å².